The fraction of sp³-hybridized carbons (Fsp3) is 0.217. The highest BCUT2D eigenvalue weighted by Crippen LogP contribution is 2.26. The summed E-state index contributed by atoms with van der Waals surface area (Å²) in [6.45, 7) is 1.98. The molecule has 0 aliphatic rings. The van der Waals surface area contributed by atoms with Crippen molar-refractivity contribution in [2.75, 3.05) is 5.32 Å². The van der Waals surface area contributed by atoms with Gasteiger partial charge in [0.25, 0.3) is 11.3 Å². The second-order valence-electron chi connectivity index (χ2n) is 7.40. The minimum atomic E-state index is -2.54. The third kappa shape index (κ3) is 4.93. The molecule has 0 saturated carbocycles. The van der Waals surface area contributed by atoms with Crippen LogP contribution in [0.1, 0.15) is 12.5 Å². The summed E-state index contributed by atoms with van der Waals surface area (Å²) >= 11 is 0.396. The normalized spacial score (nSPS) is 11.3. The van der Waals surface area contributed by atoms with E-state index in [-0.39, 0.29) is 17.7 Å². The number of hydrogen-bond donors (Lipinski definition) is 1. The summed E-state index contributed by atoms with van der Waals surface area (Å²) in [6.07, 6.45) is 1.50. The highest BCUT2D eigenvalue weighted by Gasteiger charge is 2.19. The zero-order valence-electron chi connectivity index (χ0n) is 18.1. The number of alkyl halides is 2. The van der Waals surface area contributed by atoms with E-state index in [9.17, 15) is 23.2 Å². The van der Waals surface area contributed by atoms with Gasteiger partial charge in [-0.05, 0) is 36.8 Å². The molecule has 0 aliphatic heterocycles. The molecule has 0 fully saturated rings. The van der Waals surface area contributed by atoms with Gasteiger partial charge in [-0.2, -0.15) is 8.78 Å². The van der Waals surface area contributed by atoms with Gasteiger partial charge in [-0.15, -0.1) is 0 Å². The first-order chi connectivity index (χ1) is 16.4. The van der Waals surface area contributed by atoms with Crippen molar-refractivity contribution in [3.05, 3.63) is 87.3 Å². The first-order valence-electron chi connectivity index (χ1n) is 10.4. The Kier molecular flexibility index (Phi) is 6.92. The molecule has 1 N–H and O–H groups in total. The maximum atomic E-state index is 13.3. The standard InChI is InChI=1S/C23H21F2N5O3S/c1-2-28-14-26-20-19(28)21(32)30(23(33)29(20)12-15-6-4-3-5-7-15)13-18(31)27-16-8-10-17(11-9-16)34-22(24)25/h3-11,14,22H,2,12-13H2,1H3,(H,27,31). The van der Waals surface area contributed by atoms with E-state index < -0.39 is 29.5 Å². The van der Waals surface area contributed by atoms with Crippen LogP contribution in [0.4, 0.5) is 14.5 Å². The Morgan fingerprint density at radius 2 is 1.76 bits per heavy atom. The highest BCUT2D eigenvalue weighted by atomic mass is 32.2. The Morgan fingerprint density at radius 3 is 2.41 bits per heavy atom. The average Bonchev–Trinajstić information content (AvgIpc) is 3.25. The predicted molar refractivity (Wildman–Crippen MR) is 126 cm³/mol. The van der Waals surface area contributed by atoms with Crippen LogP contribution in [-0.2, 0) is 24.4 Å². The van der Waals surface area contributed by atoms with Gasteiger partial charge in [-0.25, -0.2) is 14.3 Å². The monoisotopic (exact) mass is 485 g/mol. The van der Waals surface area contributed by atoms with Gasteiger partial charge in [0, 0.05) is 17.1 Å². The number of halogens is 2. The van der Waals surface area contributed by atoms with Crippen LogP contribution in [0.5, 0.6) is 0 Å². The summed E-state index contributed by atoms with van der Waals surface area (Å²) < 4.78 is 28.9. The smallest absolute Gasteiger partial charge is 0.325 e. The fourth-order valence-electron chi connectivity index (χ4n) is 3.59. The van der Waals surface area contributed by atoms with Gasteiger partial charge in [0.1, 0.15) is 6.54 Å². The average molecular weight is 486 g/mol. The largest absolute Gasteiger partial charge is 0.333 e. The molecule has 0 atom stereocenters. The molecule has 4 rings (SSSR count). The third-order valence-corrected chi connectivity index (χ3v) is 5.90. The quantitative estimate of drug-likeness (QED) is 0.387. The van der Waals surface area contributed by atoms with E-state index in [1.54, 1.807) is 4.57 Å². The Hall–Kier alpha value is -3.73. The molecule has 0 aliphatic carbocycles. The van der Waals surface area contributed by atoms with Gasteiger partial charge in [0.05, 0.1) is 12.9 Å². The molecule has 11 heteroatoms. The van der Waals surface area contributed by atoms with Crippen LogP contribution in [0.3, 0.4) is 0 Å². The summed E-state index contributed by atoms with van der Waals surface area (Å²) in [6, 6.07) is 15.1. The molecule has 1 amide bonds. The van der Waals surface area contributed by atoms with Crippen molar-refractivity contribution in [2.45, 2.75) is 37.2 Å². The number of benzene rings is 2. The number of hydrogen-bond acceptors (Lipinski definition) is 5. The van der Waals surface area contributed by atoms with Crippen LogP contribution < -0.4 is 16.6 Å². The van der Waals surface area contributed by atoms with Crippen molar-refractivity contribution in [2.24, 2.45) is 0 Å². The van der Waals surface area contributed by atoms with E-state index in [0.29, 0.717) is 28.9 Å². The second-order valence-corrected chi connectivity index (χ2v) is 8.46. The van der Waals surface area contributed by atoms with Crippen molar-refractivity contribution in [1.82, 2.24) is 18.7 Å². The van der Waals surface area contributed by atoms with Crippen LogP contribution in [0.2, 0.25) is 0 Å². The number of aryl methyl sites for hydroxylation is 1. The predicted octanol–water partition coefficient (Wildman–Crippen LogP) is 3.38. The number of thioether (sulfide) groups is 1. The molecule has 176 valence electrons. The molecule has 4 aromatic rings. The van der Waals surface area contributed by atoms with Crippen molar-refractivity contribution in [1.29, 1.82) is 0 Å². The van der Waals surface area contributed by atoms with Gasteiger partial charge >= 0.3 is 5.69 Å². The fourth-order valence-corrected chi connectivity index (χ4v) is 4.09. The van der Waals surface area contributed by atoms with Gasteiger partial charge in [-0.1, -0.05) is 42.1 Å². The molecular formula is C23H21F2N5O3S. The van der Waals surface area contributed by atoms with Crippen LogP contribution in [0.25, 0.3) is 11.2 Å². The molecule has 0 radical (unpaired) electrons. The Balaban J connectivity index is 1.67. The lowest BCUT2D eigenvalue weighted by Crippen LogP contribution is -2.43. The maximum absolute atomic E-state index is 13.3. The minimum absolute atomic E-state index is 0.183. The molecule has 2 aromatic heterocycles. The number of carbonyl (C=O) groups excluding carboxylic acids is 1. The molecular weight excluding hydrogens is 464 g/mol. The van der Waals surface area contributed by atoms with E-state index in [2.05, 4.69) is 10.3 Å². The summed E-state index contributed by atoms with van der Waals surface area (Å²) in [7, 11) is 0. The summed E-state index contributed by atoms with van der Waals surface area (Å²) in [5.41, 5.74) is 0.432. The number of imidazole rings is 1. The highest BCUT2D eigenvalue weighted by molar-refractivity contribution is 7.99. The van der Waals surface area contributed by atoms with Crippen LogP contribution in [-0.4, -0.2) is 30.3 Å². The zero-order valence-corrected chi connectivity index (χ0v) is 19.0. The third-order valence-electron chi connectivity index (χ3n) is 5.17. The van der Waals surface area contributed by atoms with Crippen molar-refractivity contribution >= 4 is 34.5 Å². The van der Waals surface area contributed by atoms with E-state index in [0.717, 1.165) is 10.1 Å². The number of amides is 1. The molecule has 2 aromatic carbocycles. The SMILES string of the molecule is CCn1cnc2c1c(=O)n(CC(=O)Nc1ccc(SC(F)F)cc1)c(=O)n2Cc1ccccc1. The number of aromatic nitrogens is 4. The number of rotatable bonds is 8. The molecule has 0 unspecified atom stereocenters. The van der Waals surface area contributed by atoms with Gasteiger partial charge in [0.2, 0.25) is 5.91 Å². The summed E-state index contributed by atoms with van der Waals surface area (Å²) in [5, 5.41) is 2.60. The molecule has 0 spiro atoms. The first-order valence-corrected chi connectivity index (χ1v) is 11.3. The van der Waals surface area contributed by atoms with E-state index in [1.165, 1.54) is 35.2 Å². The minimum Gasteiger partial charge on any atom is -0.325 e. The summed E-state index contributed by atoms with van der Waals surface area (Å²) in [4.78, 5) is 43.7. The number of carbonyl (C=O) groups is 1. The number of anilines is 1. The first kappa shape index (κ1) is 23.4. The zero-order chi connectivity index (χ0) is 24.2. The van der Waals surface area contributed by atoms with E-state index in [4.69, 9.17) is 0 Å². The Morgan fingerprint density at radius 1 is 1.06 bits per heavy atom. The number of nitrogens with one attached hydrogen (secondary N) is 1. The van der Waals surface area contributed by atoms with Gasteiger partial charge in [0.15, 0.2) is 11.2 Å². The van der Waals surface area contributed by atoms with E-state index in [1.807, 2.05) is 37.3 Å². The lowest BCUT2D eigenvalue weighted by atomic mass is 10.2. The lowest BCUT2D eigenvalue weighted by molar-refractivity contribution is -0.116. The topological polar surface area (TPSA) is 90.9 Å². The van der Waals surface area contributed by atoms with Gasteiger partial charge in [-0.3, -0.25) is 14.2 Å². The maximum Gasteiger partial charge on any atom is 0.333 e. The van der Waals surface area contributed by atoms with Crippen LogP contribution in [0, 0.1) is 0 Å². The Labute approximate surface area is 196 Å². The molecule has 2 heterocycles. The van der Waals surface area contributed by atoms with Crippen molar-refractivity contribution < 1.29 is 13.6 Å². The molecule has 0 saturated heterocycles. The van der Waals surface area contributed by atoms with Crippen LogP contribution >= 0.6 is 11.8 Å². The Bertz CT molecular complexity index is 1430. The number of fused-ring (bicyclic) bond motifs is 1. The number of nitrogens with zero attached hydrogens (tertiary/aromatic N) is 4. The lowest BCUT2D eigenvalue weighted by Gasteiger charge is -2.13. The molecule has 0 bridgehead atoms. The molecule has 34 heavy (non-hydrogen) atoms. The summed E-state index contributed by atoms with van der Waals surface area (Å²) in [5.74, 6) is -3.14. The van der Waals surface area contributed by atoms with Gasteiger partial charge < -0.3 is 9.88 Å². The van der Waals surface area contributed by atoms with E-state index >= 15 is 0 Å². The van der Waals surface area contributed by atoms with Crippen LogP contribution in [0.15, 0.2) is 75.4 Å². The molecule has 8 nitrogen and oxygen atoms in total. The second kappa shape index (κ2) is 10.0. The van der Waals surface area contributed by atoms with Crippen molar-refractivity contribution in [3.63, 3.8) is 0 Å². The van der Waals surface area contributed by atoms with Crippen molar-refractivity contribution in [3.8, 4) is 0 Å².